The number of amides is 4. The van der Waals surface area contributed by atoms with Crippen molar-refractivity contribution in [3.05, 3.63) is 239 Å². The van der Waals surface area contributed by atoms with Crippen LogP contribution < -0.4 is 59.2 Å². The van der Waals surface area contributed by atoms with E-state index in [0.717, 1.165) is 0 Å². The molecule has 520 valence electrons. The Kier molecular flexibility index (Phi) is 25.6. The predicted molar refractivity (Wildman–Crippen MR) is 371 cm³/mol. The van der Waals surface area contributed by atoms with E-state index in [9.17, 15) is 28.8 Å². The number of hydrogen-bond donors (Lipinski definition) is 4. The number of hydrogen-bond acceptors (Lipinski definition) is 18. The number of piperazine rings is 1. The Morgan fingerprint density at radius 1 is 0.310 bits per heavy atom. The molecule has 1 saturated heterocycles. The van der Waals surface area contributed by atoms with Gasteiger partial charge in [-0.15, -0.1) is 0 Å². The standard InChI is InChI=1S/C78H82N6O16/c85-73(99-59-51-95-65-29-9-1-21-55(65)47-91-69-33-13-5-25-61(69)75(87)79-37-17-18-38-80-76(88)62-26-6-14-34-70(62)92-48-56-22-2-10-30-66(56)96-52-59)45-83-41-43-84(44-42-83)46-74(86)100-60-53-97-67-31-11-3-23-57(67)49-93-71-35-15-7-27-63(71)77(89)81-39-19-20-40-82-78(90)64-28-8-16-36-72(64)94-50-58-24-4-12-32-68(58)98-54-60/h1-16,21-36,59-60H,17-20,37-54H2,(H,79,87)(H,80,88)(H,81,89)(H,82,90). The summed E-state index contributed by atoms with van der Waals surface area (Å²) in [6.45, 7) is 2.91. The molecule has 8 aromatic carbocycles. The van der Waals surface area contributed by atoms with E-state index in [4.69, 9.17) is 47.4 Å². The molecule has 0 atom stereocenters. The highest BCUT2D eigenvalue weighted by Crippen LogP contribution is 2.30. The van der Waals surface area contributed by atoms with E-state index in [2.05, 4.69) is 21.3 Å². The molecular weight excluding hydrogens is 1280 g/mol. The lowest BCUT2D eigenvalue weighted by molar-refractivity contribution is -0.156. The van der Waals surface area contributed by atoms with E-state index in [1.807, 2.05) is 82.6 Å². The highest BCUT2D eigenvalue weighted by atomic mass is 16.6. The van der Waals surface area contributed by atoms with E-state index in [0.29, 0.717) is 169 Å². The Morgan fingerprint density at radius 2 is 0.530 bits per heavy atom. The minimum absolute atomic E-state index is 0.0584. The van der Waals surface area contributed by atoms with Crippen molar-refractivity contribution in [1.82, 2.24) is 31.1 Å². The number of ether oxygens (including phenoxy) is 10. The summed E-state index contributed by atoms with van der Waals surface area (Å²) in [5, 5.41) is 11.9. The largest absolute Gasteiger partial charge is 0.489 e. The second-order valence-corrected chi connectivity index (χ2v) is 24.0. The minimum Gasteiger partial charge on any atom is -0.489 e. The van der Waals surface area contributed by atoms with Crippen molar-refractivity contribution in [2.75, 3.05) is 91.9 Å². The van der Waals surface area contributed by atoms with Gasteiger partial charge in [-0.25, -0.2) is 0 Å². The fourth-order valence-corrected chi connectivity index (χ4v) is 11.4. The normalized spacial score (nSPS) is 16.6. The van der Waals surface area contributed by atoms with Gasteiger partial charge in [0.1, 0.15) is 98.9 Å². The van der Waals surface area contributed by atoms with Crippen LogP contribution >= 0.6 is 0 Å². The number of esters is 2. The molecule has 4 N–H and O–H groups in total. The third kappa shape index (κ3) is 20.5. The molecule has 22 heteroatoms. The maximum atomic E-state index is 14.1. The lowest BCUT2D eigenvalue weighted by Gasteiger charge is -2.34. The Hall–Kier alpha value is -11.1. The molecule has 0 aliphatic carbocycles. The van der Waals surface area contributed by atoms with Crippen molar-refractivity contribution < 1.29 is 76.1 Å². The lowest BCUT2D eigenvalue weighted by atomic mass is 10.1. The summed E-state index contributed by atoms with van der Waals surface area (Å²) in [6, 6.07) is 57.3. The van der Waals surface area contributed by atoms with Gasteiger partial charge >= 0.3 is 11.9 Å². The number of fused-ring (bicyclic) bond motifs is 8. The Morgan fingerprint density at radius 3 is 0.780 bits per heavy atom. The van der Waals surface area contributed by atoms with Crippen LogP contribution in [-0.4, -0.2) is 149 Å². The third-order valence-electron chi connectivity index (χ3n) is 16.8. The molecule has 22 nitrogen and oxygen atoms in total. The number of nitrogens with one attached hydrogen (secondary N) is 4. The summed E-state index contributed by atoms with van der Waals surface area (Å²) in [7, 11) is 0. The van der Waals surface area contributed by atoms with Gasteiger partial charge in [0.05, 0.1) is 35.3 Å². The van der Waals surface area contributed by atoms with Gasteiger partial charge in [0, 0.05) is 74.6 Å². The summed E-state index contributed by atoms with van der Waals surface area (Å²) >= 11 is 0. The third-order valence-corrected chi connectivity index (χ3v) is 16.8. The number of rotatable bonds is 6. The monoisotopic (exact) mass is 1360 g/mol. The Bertz CT molecular complexity index is 3580. The Labute approximate surface area is 581 Å². The second-order valence-electron chi connectivity index (χ2n) is 24.0. The summed E-state index contributed by atoms with van der Waals surface area (Å²) in [4.78, 5) is 85.9. The van der Waals surface area contributed by atoms with E-state index in [-0.39, 0.29) is 89.6 Å². The fraction of sp³-hybridized carbons (Fsp3) is 0.308. The van der Waals surface area contributed by atoms with Crippen LogP contribution in [0.2, 0.25) is 0 Å². The van der Waals surface area contributed by atoms with Crippen LogP contribution in [0.15, 0.2) is 194 Å². The molecule has 1 fully saturated rings. The molecule has 11 rings (SSSR count). The smallest absolute Gasteiger partial charge is 0.320 e. The molecule has 0 unspecified atom stereocenters. The van der Waals surface area contributed by atoms with E-state index >= 15 is 0 Å². The summed E-state index contributed by atoms with van der Waals surface area (Å²) in [5.74, 6) is 1.20. The van der Waals surface area contributed by atoms with Gasteiger partial charge in [-0.2, -0.15) is 0 Å². The molecule has 3 aliphatic rings. The number of carbonyl (C=O) groups is 6. The molecule has 0 aromatic heterocycles. The predicted octanol–water partition coefficient (Wildman–Crippen LogP) is 9.57. The number of carbonyl (C=O) groups excluding carboxylic acids is 6. The molecule has 0 saturated carbocycles. The molecule has 0 bridgehead atoms. The van der Waals surface area contributed by atoms with Crippen LogP contribution in [0, 0.1) is 0 Å². The zero-order chi connectivity index (χ0) is 69.1. The quantitative estimate of drug-likeness (QED) is 0.113. The first-order valence-electron chi connectivity index (χ1n) is 33.7. The lowest BCUT2D eigenvalue weighted by Crippen LogP contribution is -2.50. The Balaban J connectivity index is 0.746. The van der Waals surface area contributed by atoms with Gasteiger partial charge in [-0.05, 0) is 98.5 Å². The van der Waals surface area contributed by atoms with Crippen LogP contribution in [0.4, 0.5) is 0 Å². The van der Waals surface area contributed by atoms with Crippen LogP contribution in [0.25, 0.3) is 0 Å². The van der Waals surface area contributed by atoms with Gasteiger partial charge in [0.25, 0.3) is 23.6 Å². The second kappa shape index (κ2) is 36.5. The van der Waals surface area contributed by atoms with E-state index < -0.39 is 24.1 Å². The molecule has 0 radical (unpaired) electrons. The maximum Gasteiger partial charge on any atom is 0.320 e. The maximum absolute atomic E-state index is 14.1. The first-order chi connectivity index (χ1) is 49.1. The van der Waals surface area contributed by atoms with Gasteiger partial charge in [-0.3, -0.25) is 38.6 Å². The van der Waals surface area contributed by atoms with Crippen molar-refractivity contribution in [2.24, 2.45) is 0 Å². The van der Waals surface area contributed by atoms with Crippen LogP contribution in [0.1, 0.15) is 89.4 Å². The van der Waals surface area contributed by atoms with Gasteiger partial charge < -0.3 is 68.6 Å². The van der Waals surface area contributed by atoms with Crippen LogP contribution in [0.5, 0.6) is 46.0 Å². The molecule has 8 aromatic rings. The molecule has 0 spiro atoms. The average Bonchev–Trinajstić information content (AvgIpc) is 0.946. The fourth-order valence-electron chi connectivity index (χ4n) is 11.4. The van der Waals surface area contributed by atoms with Crippen molar-refractivity contribution in [2.45, 2.75) is 64.3 Å². The van der Waals surface area contributed by atoms with Crippen molar-refractivity contribution in [3.63, 3.8) is 0 Å². The summed E-state index contributed by atoms with van der Waals surface area (Å²) in [5.41, 5.74) is 4.19. The molecule has 3 aliphatic heterocycles. The van der Waals surface area contributed by atoms with Crippen molar-refractivity contribution in [1.29, 1.82) is 0 Å². The first kappa shape index (κ1) is 70.2. The van der Waals surface area contributed by atoms with Crippen LogP contribution in [0.3, 0.4) is 0 Å². The minimum atomic E-state index is -0.925. The molecular formula is C78H82N6O16. The SMILES string of the molecule is O=C(CN1CCN(CC(=O)OC2COc3ccccc3COc3ccccc3C(=O)NCCCCNC(=O)c3ccccc3OCc3ccccc3OC2)CC1)OC1COc2ccccc2COc2ccccc2C(=O)NCCCCNC(=O)c2ccccc2OCc2ccccc2OC1. The van der Waals surface area contributed by atoms with E-state index in [1.165, 1.54) is 0 Å². The summed E-state index contributed by atoms with van der Waals surface area (Å²) in [6.07, 6.45) is 0.641. The first-order valence-corrected chi connectivity index (χ1v) is 33.7. The zero-order valence-corrected chi connectivity index (χ0v) is 55.6. The zero-order valence-electron chi connectivity index (χ0n) is 55.6. The van der Waals surface area contributed by atoms with Crippen molar-refractivity contribution >= 4 is 35.6 Å². The topological polar surface area (TPSA) is 249 Å². The highest BCUT2D eigenvalue weighted by Gasteiger charge is 2.28. The van der Waals surface area contributed by atoms with Gasteiger partial charge in [-0.1, -0.05) is 121 Å². The number of benzene rings is 8. The molecule has 3 heterocycles. The number of nitrogens with zero attached hydrogens (tertiary/aromatic N) is 2. The van der Waals surface area contributed by atoms with E-state index in [1.54, 1.807) is 121 Å². The average molecular weight is 1360 g/mol. The molecule has 100 heavy (non-hydrogen) atoms. The number of para-hydroxylation sites is 8. The van der Waals surface area contributed by atoms with Crippen molar-refractivity contribution in [3.8, 4) is 46.0 Å². The van der Waals surface area contributed by atoms with Crippen LogP contribution in [-0.2, 0) is 45.5 Å². The summed E-state index contributed by atoms with van der Waals surface area (Å²) < 4.78 is 63.3. The molecule has 4 amide bonds. The van der Waals surface area contributed by atoms with Gasteiger partial charge in [0.2, 0.25) is 0 Å². The highest BCUT2D eigenvalue weighted by molar-refractivity contribution is 5.98. The van der Waals surface area contributed by atoms with Gasteiger partial charge in [0.15, 0.2) is 12.2 Å².